The molecule has 1 N–H and O–H groups in total. The van der Waals surface area contributed by atoms with Gasteiger partial charge in [0, 0.05) is 32.6 Å². The number of carbonyl (C=O) groups is 2. The van der Waals surface area contributed by atoms with Crippen LogP contribution < -0.4 is 5.32 Å². The third kappa shape index (κ3) is 3.14. The second kappa shape index (κ2) is 5.59. The van der Waals surface area contributed by atoms with Crippen LogP contribution in [0.1, 0.15) is 5.56 Å². The largest absolute Gasteiger partial charge is 0.334 e. The average molecular weight is 232 g/mol. The molecule has 90 valence electrons. The van der Waals surface area contributed by atoms with Gasteiger partial charge in [0.05, 0.1) is 0 Å². The highest BCUT2D eigenvalue weighted by atomic mass is 16.2. The van der Waals surface area contributed by atoms with Crippen molar-refractivity contribution in [2.75, 3.05) is 26.2 Å². The van der Waals surface area contributed by atoms with Crippen LogP contribution in [0.2, 0.25) is 0 Å². The normalized spacial score (nSPS) is 15.6. The SMILES string of the molecule is O=C(Cc1ccccc1)C(=O)N1CCNCC1. The van der Waals surface area contributed by atoms with E-state index in [0.717, 1.165) is 18.7 Å². The van der Waals surface area contributed by atoms with Gasteiger partial charge < -0.3 is 10.2 Å². The minimum Gasteiger partial charge on any atom is -0.334 e. The number of piperazine rings is 1. The zero-order valence-corrected chi connectivity index (χ0v) is 9.69. The number of Topliss-reactive ketones (excluding diaryl/α,β-unsaturated/α-hetero) is 1. The van der Waals surface area contributed by atoms with Gasteiger partial charge in [0.1, 0.15) is 0 Å². The monoisotopic (exact) mass is 232 g/mol. The van der Waals surface area contributed by atoms with Crippen molar-refractivity contribution in [3.63, 3.8) is 0 Å². The van der Waals surface area contributed by atoms with E-state index in [1.807, 2.05) is 30.3 Å². The fourth-order valence-electron chi connectivity index (χ4n) is 1.90. The van der Waals surface area contributed by atoms with E-state index >= 15 is 0 Å². The molecule has 1 aromatic rings. The molecule has 1 saturated heterocycles. The Labute approximate surface area is 101 Å². The lowest BCUT2D eigenvalue weighted by atomic mass is 10.1. The first-order valence-corrected chi connectivity index (χ1v) is 5.84. The summed E-state index contributed by atoms with van der Waals surface area (Å²) < 4.78 is 0. The number of ketones is 1. The Balaban J connectivity index is 1.93. The molecule has 0 spiro atoms. The van der Waals surface area contributed by atoms with Gasteiger partial charge in [-0.2, -0.15) is 0 Å². The maximum absolute atomic E-state index is 11.9. The van der Waals surface area contributed by atoms with Gasteiger partial charge in [-0.3, -0.25) is 9.59 Å². The molecule has 1 fully saturated rings. The van der Waals surface area contributed by atoms with Crippen LogP contribution in [-0.4, -0.2) is 42.8 Å². The summed E-state index contributed by atoms with van der Waals surface area (Å²) in [6.07, 6.45) is 0.198. The Kier molecular flexibility index (Phi) is 3.88. The number of nitrogens with one attached hydrogen (secondary N) is 1. The summed E-state index contributed by atoms with van der Waals surface area (Å²) in [4.78, 5) is 25.3. The van der Waals surface area contributed by atoms with Crippen LogP contribution in [0.25, 0.3) is 0 Å². The van der Waals surface area contributed by atoms with Crippen molar-refractivity contribution in [2.24, 2.45) is 0 Å². The van der Waals surface area contributed by atoms with E-state index in [1.165, 1.54) is 0 Å². The number of amides is 1. The highest BCUT2D eigenvalue weighted by Gasteiger charge is 2.22. The van der Waals surface area contributed by atoms with E-state index in [1.54, 1.807) is 4.90 Å². The number of hydrogen-bond donors (Lipinski definition) is 1. The molecule has 1 aromatic carbocycles. The molecule has 4 nitrogen and oxygen atoms in total. The first-order chi connectivity index (χ1) is 8.27. The molecule has 4 heteroatoms. The molecule has 0 atom stereocenters. The van der Waals surface area contributed by atoms with Crippen molar-refractivity contribution in [2.45, 2.75) is 6.42 Å². The zero-order valence-electron chi connectivity index (χ0n) is 9.69. The van der Waals surface area contributed by atoms with Gasteiger partial charge in [-0.05, 0) is 5.56 Å². The van der Waals surface area contributed by atoms with Gasteiger partial charge in [-0.25, -0.2) is 0 Å². The summed E-state index contributed by atoms with van der Waals surface area (Å²) in [5.74, 6) is -0.673. The summed E-state index contributed by atoms with van der Waals surface area (Å²) in [7, 11) is 0. The van der Waals surface area contributed by atoms with Crippen LogP contribution >= 0.6 is 0 Å². The molecule has 0 radical (unpaired) electrons. The lowest BCUT2D eigenvalue weighted by Crippen LogP contribution is -2.49. The molecule has 2 rings (SSSR count). The first-order valence-electron chi connectivity index (χ1n) is 5.84. The Morgan fingerprint density at radius 2 is 1.76 bits per heavy atom. The highest BCUT2D eigenvalue weighted by Crippen LogP contribution is 2.03. The quantitative estimate of drug-likeness (QED) is 0.759. The Morgan fingerprint density at radius 3 is 2.41 bits per heavy atom. The smallest absolute Gasteiger partial charge is 0.290 e. The molecule has 1 heterocycles. The summed E-state index contributed by atoms with van der Waals surface area (Å²) in [6.45, 7) is 2.79. The predicted octanol–water partition coefficient (Wildman–Crippen LogP) is 0.230. The van der Waals surface area contributed by atoms with Crippen LogP contribution in [0.5, 0.6) is 0 Å². The predicted molar refractivity (Wildman–Crippen MR) is 64.6 cm³/mol. The fourth-order valence-corrected chi connectivity index (χ4v) is 1.90. The minimum atomic E-state index is -0.352. The molecular formula is C13H16N2O2. The standard InChI is InChI=1S/C13H16N2O2/c16-12(10-11-4-2-1-3-5-11)13(17)15-8-6-14-7-9-15/h1-5,14H,6-10H2. The van der Waals surface area contributed by atoms with E-state index < -0.39 is 0 Å². The molecule has 0 aromatic heterocycles. The van der Waals surface area contributed by atoms with E-state index in [9.17, 15) is 9.59 Å². The molecule has 1 aliphatic rings. The van der Waals surface area contributed by atoms with Crippen LogP contribution in [0, 0.1) is 0 Å². The summed E-state index contributed by atoms with van der Waals surface area (Å²) in [5, 5.41) is 3.15. The van der Waals surface area contributed by atoms with Crippen molar-refractivity contribution in [3.05, 3.63) is 35.9 Å². The number of carbonyl (C=O) groups excluding carboxylic acids is 2. The Morgan fingerprint density at radius 1 is 1.12 bits per heavy atom. The first kappa shape index (κ1) is 11.8. The van der Waals surface area contributed by atoms with Crippen molar-refractivity contribution in [3.8, 4) is 0 Å². The maximum Gasteiger partial charge on any atom is 0.290 e. The second-order valence-electron chi connectivity index (χ2n) is 4.13. The Bertz CT molecular complexity index is 397. The lowest BCUT2D eigenvalue weighted by molar-refractivity contribution is -0.144. The minimum absolute atomic E-state index is 0.198. The third-order valence-electron chi connectivity index (χ3n) is 2.85. The van der Waals surface area contributed by atoms with Crippen LogP contribution in [0.3, 0.4) is 0 Å². The Hall–Kier alpha value is -1.68. The maximum atomic E-state index is 11.9. The van der Waals surface area contributed by atoms with Gasteiger partial charge in [-0.15, -0.1) is 0 Å². The van der Waals surface area contributed by atoms with Crippen molar-refractivity contribution in [1.29, 1.82) is 0 Å². The molecule has 1 aliphatic heterocycles. The van der Waals surface area contributed by atoms with E-state index in [4.69, 9.17) is 0 Å². The number of rotatable bonds is 3. The van der Waals surface area contributed by atoms with Crippen molar-refractivity contribution in [1.82, 2.24) is 10.2 Å². The molecule has 0 unspecified atom stereocenters. The van der Waals surface area contributed by atoms with Gasteiger partial charge in [0.2, 0.25) is 5.78 Å². The summed E-state index contributed by atoms with van der Waals surface area (Å²) >= 11 is 0. The van der Waals surface area contributed by atoms with Crippen LogP contribution in [-0.2, 0) is 16.0 Å². The van der Waals surface area contributed by atoms with E-state index in [-0.39, 0.29) is 18.1 Å². The fraction of sp³-hybridized carbons (Fsp3) is 0.385. The molecule has 0 saturated carbocycles. The number of nitrogens with zero attached hydrogens (tertiary/aromatic N) is 1. The topological polar surface area (TPSA) is 49.4 Å². The average Bonchev–Trinajstić information content (AvgIpc) is 2.40. The van der Waals surface area contributed by atoms with Crippen molar-refractivity contribution < 1.29 is 9.59 Å². The zero-order chi connectivity index (χ0) is 12.1. The molecule has 0 aliphatic carbocycles. The molecular weight excluding hydrogens is 216 g/mol. The highest BCUT2D eigenvalue weighted by molar-refractivity contribution is 6.36. The van der Waals surface area contributed by atoms with E-state index in [2.05, 4.69) is 5.32 Å². The summed E-state index contributed by atoms with van der Waals surface area (Å²) in [5.41, 5.74) is 0.890. The summed E-state index contributed by atoms with van der Waals surface area (Å²) in [6, 6.07) is 9.37. The van der Waals surface area contributed by atoms with Gasteiger partial charge in [0.15, 0.2) is 0 Å². The molecule has 1 amide bonds. The molecule has 17 heavy (non-hydrogen) atoms. The number of benzene rings is 1. The van der Waals surface area contributed by atoms with Crippen molar-refractivity contribution >= 4 is 11.7 Å². The third-order valence-corrected chi connectivity index (χ3v) is 2.85. The number of hydrogen-bond acceptors (Lipinski definition) is 3. The van der Waals surface area contributed by atoms with E-state index in [0.29, 0.717) is 13.1 Å². The van der Waals surface area contributed by atoms with Gasteiger partial charge in [0.25, 0.3) is 5.91 Å². The second-order valence-corrected chi connectivity index (χ2v) is 4.13. The van der Waals surface area contributed by atoms with Crippen LogP contribution in [0.15, 0.2) is 30.3 Å². The van der Waals surface area contributed by atoms with Gasteiger partial charge >= 0.3 is 0 Å². The van der Waals surface area contributed by atoms with Gasteiger partial charge in [-0.1, -0.05) is 30.3 Å². The van der Waals surface area contributed by atoms with Crippen LogP contribution in [0.4, 0.5) is 0 Å². The lowest BCUT2D eigenvalue weighted by Gasteiger charge is -2.26. The molecule has 0 bridgehead atoms.